The molecule has 1 nitrogen and oxygen atoms in total. The van der Waals surface area contributed by atoms with Gasteiger partial charge in [0.15, 0.2) is 5.78 Å². The molecule has 0 aromatic heterocycles. The van der Waals surface area contributed by atoms with Gasteiger partial charge in [0.1, 0.15) is 0 Å². The van der Waals surface area contributed by atoms with Crippen LogP contribution in [0.3, 0.4) is 0 Å². The second-order valence-electron chi connectivity index (χ2n) is 2.02. The highest BCUT2D eigenvalue weighted by Crippen LogP contribution is 1.95. The topological polar surface area (TPSA) is 17.1 Å². The second-order valence-corrected chi connectivity index (χ2v) is 2.02. The van der Waals surface area contributed by atoms with E-state index in [-0.39, 0.29) is 5.78 Å². The largest absolute Gasteiger partial charge is 0.295 e. The van der Waals surface area contributed by atoms with Crippen LogP contribution < -0.4 is 0 Å². The molecule has 0 radical (unpaired) electrons. The van der Waals surface area contributed by atoms with Crippen LogP contribution in [0.4, 0.5) is 0 Å². The molecule has 0 unspecified atom stereocenters. The molecule has 0 saturated carbocycles. The molecule has 0 rings (SSSR count). The Balaban J connectivity index is 3.33. The number of hydrogen-bond acceptors (Lipinski definition) is 1. The zero-order valence-electron chi connectivity index (χ0n) is 6.26. The maximum Gasteiger partial charge on any atom is 0.155 e. The van der Waals surface area contributed by atoms with Crippen LogP contribution in [0.1, 0.15) is 26.2 Å². The molecule has 0 atom stereocenters. The van der Waals surface area contributed by atoms with Crippen LogP contribution in [0.15, 0.2) is 12.2 Å². The first-order chi connectivity index (χ1) is 4.81. The van der Waals surface area contributed by atoms with Crippen molar-refractivity contribution in [1.82, 2.24) is 0 Å². The lowest BCUT2D eigenvalue weighted by molar-refractivity contribution is -0.114. The third-order valence-corrected chi connectivity index (χ3v) is 1.10. The molecule has 1 heteroatoms. The van der Waals surface area contributed by atoms with Gasteiger partial charge in [-0.2, -0.15) is 0 Å². The predicted molar refractivity (Wildman–Crippen MR) is 42.5 cm³/mol. The number of carbonyl (C=O) groups excluding carboxylic acids is 1. The van der Waals surface area contributed by atoms with Crippen molar-refractivity contribution in [2.45, 2.75) is 26.2 Å². The molecule has 0 heterocycles. The first-order valence-corrected chi connectivity index (χ1v) is 3.40. The number of terminal acetylenes is 1. The maximum atomic E-state index is 10.8. The molecular formula is C9H12O. The predicted octanol–water partition coefficient (Wildman–Crippen LogP) is 1.94. The lowest BCUT2D eigenvalue weighted by Gasteiger charge is -1.89. The summed E-state index contributed by atoms with van der Waals surface area (Å²) in [7, 11) is 0. The average molecular weight is 136 g/mol. The Labute approximate surface area is 62.1 Å². The van der Waals surface area contributed by atoms with Gasteiger partial charge in [-0.25, -0.2) is 0 Å². The van der Waals surface area contributed by atoms with Gasteiger partial charge < -0.3 is 0 Å². The standard InChI is InChI=1S/C9H12O/c1-3-5-6-8-9(10)7-4-2/h1,4,7H,5-6,8H2,2H3/b7-4+. The van der Waals surface area contributed by atoms with Crippen molar-refractivity contribution in [2.24, 2.45) is 0 Å². The average Bonchev–Trinajstić information content (AvgIpc) is 1.89. The van der Waals surface area contributed by atoms with Crippen molar-refractivity contribution in [1.29, 1.82) is 0 Å². The van der Waals surface area contributed by atoms with Crippen LogP contribution in [0.2, 0.25) is 0 Å². The van der Waals surface area contributed by atoms with Gasteiger partial charge in [-0.1, -0.05) is 6.08 Å². The summed E-state index contributed by atoms with van der Waals surface area (Å²) < 4.78 is 0. The van der Waals surface area contributed by atoms with Crippen molar-refractivity contribution >= 4 is 5.78 Å². The van der Waals surface area contributed by atoms with Crippen LogP contribution in [-0.4, -0.2) is 5.78 Å². The van der Waals surface area contributed by atoms with Gasteiger partial charge in [0, 0.05) is 12.8 Å². The number of rotatable bonds is 4. The normalized spacial score (nSPS) is 9.60. The van der Waals surface area contributed by atoms with Crippen molar-refractivity contribution in [2.75, 3.05) is 0 Å². The summed E-state index contributed by atoms with van der Waals surface area (Å²) in [6, 6.07) is 0. The van der Waals surface area contributed by atoms with Gasteiger partial charge in [-0.3, -0.25) is 4.79 Å². The van der Waals surface area contributed by atoms with E-state index in [0.29, 0.717) is 12.8 Å². The van der Waals surface area contributed by atoms with E-state index in [1.54, 1.807) is 12.2 Å². The molecule has 0 aliphatic heterocycles. The number of allylic oxidation sites excluding steroid dienone is 2. The molecule has 0 aliphatic rings. The number of unbranched alkanes of at least 4 members (excludes halogenated alkanes) is 1. The Bertz CT molecular complexity index is 160. The monoisotopic (exact) mass is 136 g/mol. The van der Waals surface area contributed by atoms with Crippen molar-refractivity contribution in [3.8, 4) is 12.3 Å². The summed E-state index contributed by atoms with van der Waals surface area (Å²) in [5.74, 6) is 2.65. The molecule has 0 aromatic carbocycles. The van der Waals surface area contributed by atoms with Gasteiger partial charge in [0.25, 0.3) is 0 Å². The Morgan fingerprint density at radius 3 is 2.90 bits per heavy atom. The third kappa shape index (κ3) is 5.11. The minimum absolute atomic E-state index is 0.165. The molecule has 0 bridgehead atoms. The smallest absolute Gasteiger partial charge is 0.155 e. The first-order valence-electron chi connectivity index (χ1n) is 3.40. The highest BCUT2D eigenvalue weighted by Gasteiger charge is 1.92. The molecule has 0 amide bonds. The van der Waals surface area contributed by atoms with Gasteiger partial charge in [0.05, 0.1) is 0 Å². The lowest BCUT2D eigenvalue weighted by atomic mass is 10.2. The van der Waals surface area contributed by atoms with Gasteiger partial charge in [0.2, 0.25) is 0 Å². The van der Waals surface area contributed by atoms with Crippen LogP contribution in [0.5, 0.6) is 0 Å². The Hall–Kier alpha value is -1.03. The number of hydrogen-bond donors (Lipinski definition) is 0. The zero-order valence-corrected chi connectivity index (χ0v) is 6.26. The number of carbonyl (C=O) groups is 1. The Morgan fingerprint density at radius 1 is 1.70 bits per heavy atom. The fourth-order valence-electron chi connectivity index (χ4n) is 0.634. The molecule has 0 aromatic rings. The van der Waals surface area contributed by atoms with Crippen molar-refractivity contribution in [3.63, 3.8) is 0 Å². The fraction of sp³-hybridized carbons (Fsp3) is 0.444. The maximum absolute atomic E-state index is 10.8. The lowest BCUT2D eigenvalue weighted by Crippen LogP contribution is -1.90. The van der Waals surface area contributed by atoms with E-state index in [0.717, 1.165) is 6.42 Å². The van der Waals surface area contributed by atoms with E-state index in [4.69, 9.17) is 6.42 Å². The second kappa shape index (κ2) is 6.10. The summed E-state index contributed by atoms with van der Waals surface area (Å²) in [6.45, 7) is 1.83. The summed E-state index contributed by atoms with van der Waals surface area (Å²) in [6.07, 6.45) is 10.4. The van der Waals surface area contributed by atoms with E-state index in [2.05, 4.69) is 5.92 Å². The van der Waals surface area contributed by atoms with E-state index >= 15 is 0 Å². The molecule has 0 saturated heterocycles. The molecule has 0 fully saturated rings. The third-order valence-electron chi connectivity index (χ3n) is 1.10. The molecule has 0 N–H and O–H groups in total. The molecular weight excluding hydrogens is 124 g/mol. The molecule has 0 aliphatic carbocycles. The Kier molecular flexibility index (Phi) is 5.47. The van der Waals surface area contributed by atoms with Crippen molar-refractivity contribution < 1.29 is 4.79 Å². The van der Waals surface area contributed by atoms with Crippen molar-refractivity contribution in [3.05, 3.63) is 12.2 Å². The van der Waals surface area contributed by atoms with Gasteiger partial charge >= 0.3 is 0 Å². The zero-order chi connectivity index (χ0) is 7.82. The van der Waals surface area contributed by atoms with Crippen LogP contribution in [0.25, 0.3) is 0 Å². The minimum atomic E-state index is 0.165. The Morgan fingerprint density at radius 2 is 2.40 bits per heavy atom. The van der Waals surface area contributed by atoms with Crippen LogP contribution in [0, 0.1) is 12.3 Å². The van der Waals surface area contributed by atoms with E-state index in [1.165, 1.54) is 0 Å². The fourth-order valence-corrected chi connectivity index (χ4v) is 0.634. The van der Waals surface area contributed by atoms with E-state index in [9.17, 15) is 4.79 Å². The first kappa shape index (κ1) is 8.97. The number of ketones is 1. The van der Waals surface area contributed by atoms with Gasteiger partial charge in [-0.15, -0.1) is 12.3 Å². The van der Waals surface area contributed by atoms with Gasteiger partial charge in [-0.05, 0) is 19.4 Å². The molecule has 54 valence electrons. The minimum Gasteiger partial charge on any atom is -0.295 e. The molecule has 10 heavy (non-hydrogen) atoms. The highest BCUT2D eigenvalue weighted by atomic mass is 16.1. The van der Waals surface area contributed by atoms with E-state index in [1.807, 2.05) is 6.92 Å². The van der Waals surface area contributed by atoms with Crippen LogP contribution in [-0.2, 0) is 4.79 Å². The quantitative estimate of drug-likeness (QED) is 0.328. The highest BCUT2D eigenvalue weighted by molar-refractivity contribution is 5.89. The summed E-state index contributed by atoms with van der Waals surface area (Å²) >= 11 is 0. The molecule has 0 spiro atoms. The van der Waals surface area contributed by atoms with E-state index < -0.39 is 0 Å². The summed E-state index contributed by atoms with van der Waals surface area (Å²) in [5, 5.41) is 0. The van der Waals surface area contributed by atoms with Crippen LogP contribution >= 0.6 is 0 Å². The SMILES string of the molecule is C#CCCCC(=O)/C=C/C. The summed E-state index contributed by atoms with van der Waals surface area (Å²) in [4.78, 5) is 10.8. The summed E-state index contributed by atoms with van der Waals surface area (Å²) in [5.41, 5.74) is 0.